The van der Waals surface area contributed by atoms with Crippen molar-refractivity contribution in [3.63, 3.8) is 0 Å². The highest BCUT2D eigenvalue weighted by atomic mass is 15.2. The van der Waals surface area contributed by atoms with Crippen molar-refractivity contribution in [1.29, 1.82) is 0 Å². The van der Waals surface area contributed by atoms with Gasteiger partial charge in [-0.3, -0.25) is 0 Å². The minimum absolute atomic E-state index is 0.666. The standard InChI is InChI=1S/C19H22N2/c1-20-12-11-19-17(14-20)16-9-5-6-10-18(16)21(19)13-15-7-3-2-4-8-15/h2-10,17,19H,11-14H2,1H3/t17-,19+/m0/s1. The topological polar surface area (TPSA) is 6.48 Å². The SMILES string of the molecule is CN1CC[C@@H]2[C@@H](C1)c1ccccc1N2Cc1ccccc1. The Labute approximate surface area is 127 Å². The molecule has 2 nitrogen and oxygen atoms in total. The molecular formula is C19H22N2. The molecule has 0 amide bonds. The van der Waals surface area contributed by atoms with Gasteiger partial charge < -0.3 is 9.80 Å². The molecule has 4 rings (SSSR count). The van der Waals surface area contributed by atoms with E-state index in [4.69, 9.17) is 0 Å². The first-order valence-corrected chi connectivity index (χ1v) is 7.91. The third kappa shape index (κ3) is 2.24. The number of rotatable bonds is 2. The zero-order valence-electron chi connectivity index (χ0n) is 12.6. The van der Waals surface area contributed by atoms with Crippen LogP contribution >= 0.6 is 0 Å². The Morgan fingerprint density at radius 1 is 1.00 bits per heavy atom. The van der Waals surface area contributed by atoms with Gasteiger partial charge in [0.05, 0.1) is 0 Å². The van der Waals surface area contributed by atoms with E-state index in [1.807, 2.05) is 0 Å². The second kappa shape index (κ2) is 5.19. The van der Waals surface area contributed by atoms with E-state index >= 15 is 0 Å². The van der Waals surface area contributed by atoms with E-state index in [9.17, 15) is 0 Å². The van der Waals surface area contributed by atoms with Crippen LogP contribution in [0.1, 0.15) is 23.5 Å². The molecule has 1 saturated heterocycles. The Morgan fingerprint density at radius 3 is 2.62 bits per heavy atom. The predicted molar refractivity (Wildman–Crippen MR) is 87.7 cm³/mol. The van der Waals surface area contributed by atoms with Crippen LogP contribution in [-0.4, -0.2) is 31.1 Å². The first-order chi connectivity index (χ1) is 10.3. The van der Waals surface area contributed by atoms with E-state index < -0.39 is 0 Å². The second-order valence-electron chi connectivity index (χ2n) is 6.40. The summed E-state index contributed by atoms with van der Waals surface area (Å²) >= 11 is 0. The highest BCUT2D eigenvalue weighted by Gasteiger charge is 2.40. The molecule has 0 spiro atoms. The molecule has 2 aromatic carbocycles. The number of hydrogen-bond acceptors (Lipinski definition) is 2. The maximum atomic E-state index is 2.64. The number of likely N-dealkylation sites (N-methyl/N-ethyl adjacent to an activating group) is 1. The highest BCUT2D eigenvalue weighted by molar-refractivity contribution is 5.62. The molecule has 21 heavy (non-hydrogen) atoms. The number of para-hydroxylation sites is 1. The quantitative estimate of drug-likeness (QED) is 0.829. The van der Waals surface area contributed by atoms with Gasteiger partial charge in [-0.2, -0.15) is 0 Å². The largest absolute Gasteiger partial charge is 0.363 e. The van der Waals surface area contributed by atoms with Gasteiger partial charge in [0.2, 0.25) is 0 Å². The number of piperidine rings is 1. The Balaban J connectivity index is 1.69. The van der Waals surface area contributed by atoms with Gasteiger partial charge in [0.25, 0.3) is 0 Å². The van der Waals surface area contributed by atoms with Crippen LogP contribution in [0.25, 0.3) is 0 Å². The van der Waals surface area contributed by atoms with Gasteiger partial charge in [-0.25, -0.2) is 0 Å². The minimum atomic E-state index is 0.666. The fourth-order valence-electron chi connectivity index (χ4n) is 4.01. The molecule has 0 bridgehead atoms. The van der Waals surface area contributed by atoms with Gasteiger partial charge >= 0.3 is 0 Å². The van der Waals surface area contributed by atoms with E-state index in [0.29, 0.717) is 12.0 Å². The minimum Gasteiger partial charge on any atom is -0.363 e. The van der Waals surface area contributed by atoms with E-state index in [1.54, 1.807) is 5.56 Å². The average molecular weight is 278 g/mol. The Morgan fingerprint density at radius 2 is 1.76 bits per heavy atom. The number of fused-ring (bicyclic) bond motifs is 3. The number of benzene rings is 2. The molecular weight excluding hydrogens is 256 g/mol. The van der Waals surface area contributed by atoms with E-state index in [-0.39, 0.29) is 0 Å². The summed E-state index contributed by atoms with van der Waals surface area (Å²) in [5, 5.41) is 0. The highest BCUT2D eigenvalue weighted by Crippen LogP contribution is 2.44. The van der Waals surface area contributed by atoms with Gasteiger partial charge in [-0.1, -0.05) is 48.5 Å². The number of likely N-dealkylation sites (tertiary alicyclic amines) is 1. The van der Waals surface area contributed by atoms with Crippen LogP contribution in [0.3, 0.4) is 0 Å². The Kier molecular flexibility index (Phi) is 3.19. The van der Waals surface area contributed by atoms with E-state index in [2.05, 4.69) is 71.4 Å². The summed E-state index contributed by atoms with van der Waals surface area (Å²) < 4.78 is 0. The lowest BCUT2D eigenvalue weighted by Gasteiger charge is -2.37. The maximum Gasteiger partial charge on any atom is 0.0432 e. The van der Waals surface area contributed by atoms with Crippen molar-refractivity contribution in [2.24, 2.45) is 0 Å². The lowest BCUT2D eigenvalue weighted by Crippen LogP contribution is -2.44. The van der Waals surface area contributed by atoms with Crippen molar-refractivity contribution in [2.75, 3.05) is 25.0 Å². The van der Waals surface area contributed by atoms with Gasteiger partial charge in [-0.05, 0) is 37.2 Å². The van der Waals surface area contributed by atoms with Crippen molar-refractivity contribution >= 4 is 5.69 Å². The lowest BCUT2D eigenvalue weighted by molar-refractivity contribution is 0.230. The van der Waals surface area contributed by atoms with Crippen LogP contribution in [0.4, 0.5) is 5.69 Å². The molecule has 0 aliphatic carbocycles. The van der Waals surface area contributed by atoms with Crippen LogP contribution in [0.15, 0.2) is 54.6 Å². The molecule has 2 heterocycles. The smallest absolute Gasteiger partial charge is 0.0432 e. The van der Waals surface area contributed by atoms with Gasteiger partial charge in [0.15, 0.2) is 0 Å². The van der Waals surface area contributed by atoms with E-state index in [1.165, 1.54) is 30.8 Å². The molecule has 2 heteroatoms. The molecule has 0 unspecified atom stereocenters. The van der Waals surface area contributed by atoms with Crippen molar-refractivity contribution in [1.82, 2.24) is 4.90 Å². The summed E-state index contributed by atoms with van der Waals surface area (Å²) in [5.74, 6) is 0.670. The zero-order valence-corrected chi connectivity index (χ0v) is 12.6. The number of nitrogens with zero attached hydrogens (tertiary/aromatic N) is 2. The maximum absolute atomic E-state index is 2.64. The number of anilines is 1. The summed E-state index contributed by atoms with van der Waals surface area (Å²) in [6.07, 6.45) is 1.27. The van der Waals surface area contributed by atoms with Crippen molar-refractivity contribution < 1.29 is 0 Å². The molecule has 2 atom stereocenters. The van der Waals surface area contributed by atoms with Gasteiger partial charge in [0.1, 0.15) is 0 Å². The molecule has 0 radical (unpaired) electrons. The summed E-state index contributed by atoms with van der Waals surface area (Å²) in [5.41, 5.74) is 4.41. The molecule has 108 valence electrons. The molecule has 0 saturated carbocycles. The van der Waals surface area contributed by atoms with Crippen LogP contribution < -0.4 is 4.90 Å². The average Bonchev–Trinajstić information content (AvgIpc) is 2.82. The van der Waals surface area contributed by atoms with Crippen LogP contribution in [0.2, 0.25) is 0 Å². The van der Waals surface area contributed by atoms with Crippen molar-refractivity contribution in [3.8, 4) is 0 Å². The summed E-state index contributed by atoms with van der Waals surface area (Å²) in [6.45, 7) is 3.43. The molecule has 0 aromatic heterocycles. The monoisotopic (exact) mass is 278 g/mol. The first-order valence-electron chi connectivity index (χ1n) is 7.91. The van der Waals surface area contributed by atoms with Crippen LogP contribution in [0.5, 0.6) is 0 Å². The third-order valence-electron chi connectivity index (χ3n) is 5.02. The van der Waals surface area contributed by atoms with Crippen LogP contribution in [-0.2, 0) is 6.54 Å². The predicted octanol–water partition coefficient (Wildman–Crippen LogP) is 3.49. The molecule has 0 N–H and O–H groups in total. The molecule has 2 aliphatic rings. The Bertz CT molecular complexity index is 622. The lowest BCUT2D eigenvalue weighted by atomic mass is 9.89. The summed E-state index contributed by atoms with van der Waals surface area (Å²) in [6, 6.07) is 20.5. The normalized spacial score (nSPS) is 24.7. The molecule has 1 fully saturated rings. The molecule has 2 aliphatic heterocycles. The van der Waals surface area contributed by atoms with Gasteiger partial charge in [-0.15, -0.1) is 0 Å². The fraction of sp³-hybridized carbons (Fsp3) is 0.368. The summed E-state index contributed by atoms with van der Waals surface area (Å²) in [7, 11) is 2.25. The van der Waals surface area contributed by atoms with Crippen LogP contribution in [0, 0.1) is 0 Å². The van der Waals surface area contributed by atoms with Gasteiger partial charge in [0, 0.05) is 30.7 Å². The Hall–Kier alpha value is -1.80. The first kappa shape index (κ1) is 12.9. The second-order valence-corrected chi connectivity index (χ2v) is 6.40. The van der Waals surface area contributed by atoms with E-state index in [0.717, 1.165) is 6.54 Å². The third-order valence-corrected chi connectivity index (χ3v) is 5.02. The fourth-order valence-corrected chi connectivity index (χ4v) is 4.01. The summed E-state index contributed by atoms with van der Waals surface area (Å²) in [4.78, 5) is 5.12. The van der Waals surface area contributed by atoms with Crippen molar-refractivity contribution in [2.45, 2.75) is 24.9 Å². The van der Waals surface area contributed by atoms with Crippen molar-refractivity contribution in [3.05, 3.63) is 65.7 Å². The zero-order chi connectivity index (χ0) is 14.2. The number of hydrogen-bond donors (Lipinski definition) is 0. The molecule has 2 aromatic rings.